The molecule has 0 bridgehead atoms. The number of benzene rings is 1. The van der Waals surface area contributed by atoms with Crippen molar-refractivity contribution in [3.05, 3.63) is 36.3 Å². The lowest BCUT2D eigenvalue weighted by Gasteiger charge is -2.23. The fourth-order valence-corrected chi connectivity index (χ4v) is 2.52. The minimum atomic E-state index is -0.147. The van der Waals surface area contributed by atoms with E-state index in [-0.39, 0.29) is 11.9 Å². The molecule has 0 N–H and O–H groups in total. The lowest BCUT2D eigenvalue weighted by molar-refractivity contribution is 0.00670. The monoisotopic (exact) mass is 233 g/mol. The number of ether oxygens (including phenoxy) is 1. The lowest BCUT2D eigenvalue weighted by atomic mass is 10.1. The lowest BCUT2D eigenvalue weighted by Crippen LogP contribution is -2.24. The van der Waals surface area contributed by atoms with Crippen molar-refractivity contribution in [3.63, 3.8) is 0 Å². The van der Waals surface area contributed by atoms with Crippen LogP contribution in [0.5, 0.6) is 0 Å². The number of nitrogens with zero attached hydrogens (tertiary/aromatic N) is 1. The summed E-state index contributed by atoms with van der Waals surface area (Å²) < 4.78 is 21.3. The second-order valence-corrected chi connectivity index (χ2v) is 4.63. The summed E-state index contributed by atoms with van der Waals surface area (Å²) in [4.78, 5) is 0. The highest BCUT2D eigenvalue weighted by Crippen LogP contribution is 2.21. The van der Waals surface area contributed by atoms with Gasteiger partial charge < -0.3 is 9.30 Å². The largest absolute Gasteiger partial charge is 0.376 e. The van der Waals surface area contributed by atoms with Crippen molar-refractivity contribution >= 4 is 10.9 Å². The molecule has 1 aromatic carbocycles. The Kier molecular flexibility index (Phi) is 2.85. The van der Waals surface area contributed by atoms with Crippen LogP contribution in [0.2, 0.25) is 0 Å². The first kappa shape index (κ1) is 10.8. The minimum Gasteiger partial charge on any atom is -0.376 e. The van der Waals surface area contributed by atoms with Crippen LogP contribution in [-0.4, -0.2) is 17.3 Å². The van der Waals surface area contributed by atoms with E-state index in [4.69, 9.17) is 4.74 Å². The molecule has 2 nitrogen and oxygen atoms in total. The van der Waals surface area contributed by atoms with Gasteiger partial charge in [0, 0.05) is 24.7 Å². The Morgan fingerprint density at radius 1 is 1.29 bits per heavy atom. The van der Waals surface area contributed by atoms with E-state index in [1.807, 2.05) is 18.3 Å². The number of fused-ring (bicyclic) bond motifs is 1. The van der Waals surface area contributed by atoms with E-state index in [9.17, 15) is 4.39 Å². The van der Waals surface area contributed by atoms with Gasteiger partial charge in [-0.1, -0.05) is 6.07 Å². The molecule has 0 amide bonds. The molecule has 1 atom stereocenters. The van der Waals surface area contributed by atoms with Crippen LogP contribution in [0.25, 0.3) is 10.9 Å². The SMILES string of the molecule is Fc1cccc2c1ccn2CC1CCCCO1. The standard InChI is InChI=1S/C14H16FNO/c15-13-5-3-6-14-12(13)7-8-16(14)10-11-4-1-2-9-17-11/h3,5-8,11H,1-2,4,9-10H2. The first-order chi connectivity index (χ1) is 8.34. The topological polar surface area (TPSA) is 14.2 Å². The predicted octanol–water partition coefficient (Wildman–Crippen LogP) is 3.35. The molecule has 3 heteroatoms. The third-order valence-electron chi connectivity index (χ3n) is 3.43. The molecule has 0 spiro atoms. The maximum absolute atomic E-state index is 13.5. The third-order valence-corrected chi connectivity index (χ3v) is 3.43. The molecule has 90 valence electrons. The second kappa shape index (κ2) is 4.49. The van der Waals surface area contributed by atoms with Crippen LogP contribution in [0.15, 0.2) is 30.5 Å². The summed E-state index contributed by atoms with van der Waals surface area (Å²) in [7, 11) is 0. The van der Waals surface area contributed by atoms with Gasteiger partial charge in [0.15, 0.2) is 0 Å². The summed E-state index contributed by atoms with van der Waals surface area (Å²) in [5.74, 6) is -0.147. The van der Waals surface area contributed by atoms with Crippen molar-refractivity contribution < 1.29 is 9.13 Å². The van der Waals surface area contributed by atoms with Crippen molar-refractivity contribution in [3.8, 4) is 0 Å². The highest BCUT2D eigenvalue weighted by atomic mass is 19.1. The summed E-state index contributed by atoms with van der Waals surface area (Å²) in [6.07, 6.45) is 5.74. The molecule has 2 heterocycles. The molecule has 3 rings (SSSR count). The van der Waals surface area contributed by atoms with Crippen LogP contribution < -0.4 is 0 Å². The molecular weight excluding hydrogens is 217 g/mol. The molecular formula is C14H16FNO. The average Bonchev–Trinajstić information content (AvgIpc) is 2.76. The van der Waals surface area contributed by atoms with Crippen molar-refractivity contribution in [2.24, 2.45) is 0 Å². The van der Waals surface area contributed by atoms with Gasteiger partial charge in [0.05, 0.1) is 11.6 Å². The van der Waals surface area contributed by atoms with Crippen LogP contribution >= 0.6 is 0 Å². The van der Waals surface area contributed by atoms with Gasteiger partial charge in [0.1, 0.15) is 5.82 Å². The van der Waals surface area contributed by atoms with E-state index in [0.29, 0.717) is 5.39 Å². The number of rotatable bonds is 2. The van der Waals surface area contributed by atoms with Crippen LogP contribution in [0.1, 0.15) is 19.3 Å². The molecule has 1 unspecified atom stereocenters. The van der Waals surface area contributed by atoms with Crippen LogP contribution in [0.4, 0.5) is 4.39 Å². The molecule has 0 aliphatic carbocycles. The second-order valence-electron chi connectivity index (χ2n) is 4.63. The van der Waals surface area contributed by atoms with E-state index in [0.717, 1.165) is 31.5 Å². The summed E-state index contributed by atoms with van der Waals surface area (Å²) in [5.41, 5.74) is 0.958. The molecule has 1 aliphatic rings. The van der Waals surface area contributed by atoms with Gasteiger partial charge >= 0.3 is 0 Å². The number of halogens is 1. The molecule has 1 saturated heterocycles. The number of hydrogen-bond donors (Lipinski definition) is 0. The molecule has 1 aromatic heterocycles. The van der Waals surface area contributed by atoms with Gasteiger partial charge in [-0.25, -0.2) is 4.39 Å². The van der Waals surface area contributed by atoms with Crippen molar-refractivity contribution in [1.82, 2.24) is 4.57 Å². The molecule has 0 radical (unpaired) electrons. The highest BCUT2D eigenvalue weighted by Gasteiger charge is 2.15. The fourth-order valence-electron chi connectivity index (χ4n) is 2.52. The highest BCUT2D eigenvalue weighted by molar-refractivity contribution is 5.80. The average molecular weight is 233 g/mol. The number of hydrogen-bond acceptors (Lipinski definition) is 1. The van der Waals surface area contributed by atoms with Crippen molar-refractivity contribution in [1.29, 1.82) is 0 Å². The van der Waals surface area contributed by atoms with Crippen molar-refractivity contribution in [2.75, 3.05) is 6.61 Å². The van der Waals surface area contributed by atoms with Gasteiger partial charge in [-0.2, -0.15) is 0 Å². The molecule has 2 aromatic rings. The fraction of sp³-hybridized carbons (Fsp3) is 0.429. The summed E-state index contributed by atoms with van der Waals surface area (Å²) >= 11 is 0. The molecule has 0 saturated carbocycles. The van der Waals surface area contributed by atoms with E-state index >= 15 is 0 Å². The zero-order valence-corrected chi connectivity index (χ0v) is 9.73. The zero-order chi connectivity index (χ0) is 11.7. The van der Waals surface area contributed by atoms with Gasteiger partial charge in [-0.05, 0) is 37.5 Å². The molecule has 1 fully saturated rings. The summed E-state index contributed by atoms with van der Waals surface area (Å²) in [5, 5.41) is 0.698. The van der Waals surface area contributed by atoms with Crippen LogP contribution in [0.3, 0.4) is 0 Å². The number of aromatic nitrogens is 1. The quantitative estimate of drug-likeness (QED) is 0.776. The van der Waals surface area contributed by atoms with Gasteiger partial charge in [0.25, 0.3) is 0 Å². The minimum absolute atomic E-state index is 0.147. The van der Waals surface area contributed by atoms with E-state index in [1.54, 1.807) is 6.07 Å². The van der Waals surface area contributed by atoms with E-state index in [2.05, 4.69) is 4.57 Å². The van der Waals surface area contributed by atoms with Gasteiger partial charge in [-0.3, -0.25) is 0 Å². The Morgan fingerprint density at radius 2 is 2.24 bits per heavy atom. The van der Waals surface area contributed by atoms with E-state index in [1.165, 1.54) is 12.5 Å². The molecule has 1 aliphatic heterocycles. The van der Waals surface area contributed by atoms with Crippen LogP contribution in [0, 0.1) is 5.82 Å². The normalized spacial score (nSPS) is 20.9. The Morgan fingerprint density at radius 3 is 3.06 bits per heavy atom. The smallest absolute Gasteiger partial charge is 0.132 e. The predicted molar refractivity (Wildman–Crippen MR) is 65.5 cm³/mol. The summed E-state index contributed by atoms with van der Waals surface area (Å²) in [6.45, 7) is 1.69. The Balaban J connectivity index is 1.87. The Bertz CT molecular complexity index is 514. The Labute approximate surface area is 100.0 Å². The maximum Gasteiger partial charge on any atom is 0.132 e. The Hall–Kier alpha value is -1.35. The first-order valence-electron chi connectivity index (χ1n) is 6.19. The van der Waals surface area contributed by atoms with Gasteiger partial charge in [0.2, 0.25) is 0 Å². The first-order valence-corrected chi connectivity index (χ1v) is 6.19. The van der Waals surface area contributed by atoms with Crippen LogP contribution in [-0.2, 0) is 11.3 Å². The zero-order valence-electron chi connectivity index (χ0n) is 9.73. The summed E-state index contributed by atoms with van der Waals surface area (Å²) in [6, 6.07) is 7.06. The maximum atomic E-state index is 13.5. The van der Waals surface area contributed by atoms with Gasteiger partial charge in [-0.15, -0.1) is 0 Å². The van der Waals surface area contributed by atoms with Crippen molar-refractivity contribution in [2.45, 2.75) is 31.9 Å². The van der Waals surface area contributed by atoms with E-state index < -0.39 is 0 Å². The third kappa shape index (κ3) is 2.07. The molecule has 17 heavy (non-hydrogen) atoms.